The fourth-order valence-corrected chi connectivity index (χ4v) is 2.48. The molecule has 0 aliphatic rings. The van der Waals surface area contributed by atoms with Crippen molar-refractivity contribution in [2.24, 2.45) is 11.1 Å². The number of nitrogens with two attached hydrogens (primary N) is 1. The predicted molar refractivity (Wildman–Crippen MR) is 97.7 cm³/mol. The minimum atomic E-state index is -2.91. The maximum Gasteiger partial charge on any atom is 0.387 e. The first-order chi connectivity index (χ1) is 11.7. The molecule has 0 unspecified atom stereocenters. The molecule has 144 valence electrons. The summed E-state index contributed by atoms with van der Waals surface area (Å²) in [5.41, 5.74) is 6.83. The standard InChI is InChI=1S/C17H22F2N4O2.ClH/c1-17(2,9-20)10-23(3)15(24)13-8-21-22-14(13)11-5-4-6-12(7-11)25-16(18)19;/h4-8,16H,9-10,20H2,1-3H3,(H,21,22);1H. The molecule has 0 aliphatic heterocycles. The van der Waals surface area contributed by atoms with E-state index < -0.39 is 6.61 Å². The molecule has 0 fully saturated rings. The third-order valence-corrected chi connectivity index (χ3v) is 3.78. The highest BCUT2D eigenvalue weighted by Gasteiger charge is 2.24. The molecular formula is C17H23ClF2N4O2. The normalized spacial score (nSPS) is 11.2. The molecular weight excluding hydrogens is 366 g/mol. The molecule has 1 heterocycles. The molecule has 3 N–H and O–H groups in total. The second-order valence-electron chi connectivity index (χ2n) is 6.59. The average Bonchev–Trinajstić information content (AvgIpc) is 3.03. The van der Waals surface area contributed by atoms with E-state index in [0.29, 0.717) is 29.9 Å². The summed E-state index contributed by atoms with van der Waals surface area (Å²) < 4.78 is 29.2. The van der Waals surface area contributed by atoms with Crippen molar-refractivity contribution in [2.75, 3.05) is 20.1 Å². The Morgan fingerprint density at radius 3 is 2.73 bits per heavy atom. The van der Waals surface area contributed by atoms with E-state index in [1.54, 1.807) is 24.1 Å². The fraction of sp³-hybridized carbons (Fsp3) is 0.412. The minimum absolute atomic E-state index is 0. The Labute approximate surface area is 157 Å². The number of amides is 1. The van der Waals surface area contributed by atoms with E-state index in [1.807, 2.05) is 13.8 Å². The van der Waals surface area contributed by atoms with Gasteiger partial charge in [-0.1, -0.05) is 26.0 Å². The highest BCUT2D eigenvalue weighted by atomic mass is 35.5. The number of alkyl halides is 2. The van der Waals surface area contributed by atoms with Crippen molar-refractivity contribution >= 4 is 18.3 Å². The fourth-order valence-electron chi connectivity index (χ4n) is 2.48. The van der Waals surface area contributed by atoms with Gasteiger partial charge in [0, 0.05) is 19.2 Å². The third-order valence-electron chi connectivity index (χ3n) is 3.78. The first-order valence-electron chi connectivity index (χ1n) is 7.77. The molecule has 0 saturated heterocycles. The van der Waals surface area contributed by atoms with Gasteiger partial charge in [0.2, 0.25) is 0 Å². The van der Waals surface area contributed by atoms with Gasteiger partial charge in [-0.3, -0.25) is 9.89 Å². The molecule has 1 aromatic heterocycles. The van der Waals surface area contributed by atoms with Crippen LogP contribution in [-0.2, 0) is 0 Å². The number of carbonyl (C=O) groups is 1. The third kappa shape index (κ3) is 5.40. The SMILES string of the molecule is CN(CC(C)(C)CN)C(=O)c1cn[nH]c1-c1cccc(OC(F)F)c1.Cl. The van der Waals surface area contributed by atoms with Crippen LogP contribution in [0.1, 0.15) is 24.2 Å². The predicted octanol–water partition coefficient (Wildman–Crippen LogP) is 3.16. The van der Waals surface area contributed by atoms with Crippen LogP contribution in [-0.4, -0.2) is 47.8 Å². The number of H-pyrrole nitrogens is 1. The number of hydrogen-bond donors (Lipinski definition) is 2. The van der Waals surface area contributed by atoms with Gasteiger partial charge in [-0.15, -0.1) is 12.4 Å². The molecule has 1 aromatic carbocycles. The van der Waals surface area contributed by atoms with Crippen LogP contribution in [0.15, 0.2) is 30.5 Å². The van der Waals surface area contributed by atoms with Gasteiger partial charge >= 0.3 is 6.61 Å². The van der Waals surface area contributed by atoms with E-state index in [2.05, 4.69) is 14.9 Å². The Bertz CT molecular complexity index is 737. The number of halogens is 3. The summed E-state index contributed by atoms with van der Waals surface area (Å²) in [7, 11) is 1.69. The highest BCUT2D eigenvalue weighted by Crippen LogP contribution is 2.27. The largest absolute Gasteiger partial charge is 0.435 e. The summed E-state index contributed by atoms with van der Waals surface area (Å²) in [5, 5.41) is 6.67. The molecule has 2 aromatic rings. The Balaban J connectivity index is 0.00000338. The van der Waals surface area contributed by atoms with Crippen LogP contribution >= 0.6 is 12.4 Å². The Morgan fingerprint density at radius 2 is 2.12 bits per heavy atom. The monoisotopic (exact) mass is 388 g/mol. The molecule has 0 atom stereocenters. The second-order valence-corrected chi connectivity index (χ2v) is 6.59. The summed E-state index contributed by atoms with van der Waals surface area (Å²) >= 11 is 0. The van der Waals surface area contributed by atoms with E-state index in [-0.39, 0.29) is 29.5 Å². The number of rotatable bonds is 7. The van der Waals surface area contributed by atoms with Crippen LogP contribution in [0.5, 0.6) is 5.75 Å². The molecule has 0 radical (unpaired) electrons. The molecule has 0 spiro atoms. The van der Waals surface area contributed by atoms with E-state index in [0.717, 1.165) is 0 Å². The number of hydrogen-bond acceptors (Lipinski definition) is 4. The van der Waals surface area contributed by atoms with E-state index in [4.69, 9.17) is 5.73 Å². The van der Waals surface area contributed by atoms with Gasteiger partial charge in [0.1, 0.15) is 5.75 Å². The molecule has 26 heavy (non-hydrogen) atoms. The zero-order chi connectivity index (χ0) is 18.6. The molecule has 2 rings (SSSR count). The van der Waals surface area contributed by atoms with Crippen LogP contribution in [0.3, 0.4) is 0 Å². The van der Waals surface area contributed by atoms with Crippen molar-refractivity contribution in [3.8, 4) is 17.0 Å². The first kappa shape index (κ1) is 21.9. The van der Waals surface area contributed by atoms with Crippen molar-refractivity contribution in [1.29, 1.82) is 0 Å². The first-order valence-corrected chi connectivity index (χ1v) is 7.77. The lowest BCUT2D eigenvalue weighted by molar-refractivity contribution is -0.0498. The average molecular weight is 389 g/mol. The minimum Gasteiger partial charge on any atom is -0.435 e. The Morgan fingerprint density at radius 1 is 1.42 bits per heavy atom. The van der Waals surface area contributed by atoms with Gasteiger partial charge in [-0.2, -0.15) is 13.9 Å². The van der Waals surface area contributed by atoms with Gasteiger partial charge in [0.15, 0.2) is 0 Å². The van der Waals surface area contributed by atoms with Crippen molar-refractivity contribution in [1.82, 2.24) is 15.1 Å². The Hall–Kier alpha value is -2.19. The molecule has 9 heteroatoms. The second kappa shape index (κ2) is 8.95. The number of benzene rings is 1. The molecule has 1 amide bonds. The number of carbonyl (C=O) groups excluding carboxylic acids is 1. The van der Waals surface area contributed by atoms with Crippen molar-refractivity contribution in [3.05, 3.63) is 36.0 Å². The van der Waals surface area contributed by atoms with Gasteiger partial charge in [-0.25, -0.2) is 0 Å². The van der Waals surface area contributed by atoms with Crippen LogP contribution in [0.4, 0.5) is 8.78 Å². The maximum absolute atomic E-state index is 12.7. The zero-order valence-electron chi connectivity index (χ0n) is 14.8. The van der Waals surface area contributed by atoms with Crippen molar-refractivity contribution in [2.45, 2.75) is 20.5 Å². The molecule has 6 nitrogen and oxygen atoms in total. The summed E-state index contributed by atoms with van der Waals surface area (Å²) in [6, 6.07) is 6.11. The number of aromatic amines is 1. The zero-order valence-corrected chi connectivity index (χ0v) is 15.6. The molecule has 0 saturated carbocycles. The van der Waals surface area contributed by atoms with Gasteiger partial charge in [0.05, 0.1) is 17.5 Å². The van der Waals surface area contributed by atoms with Crippen LogP contribution in [0, 0.1) is 5.41 Å². The van der Waals surface area contributed by atoms with Crippen LogP contribution < -0.4 is 10.5 Å². The molecule has 0 aliphatic carbocycles. The number of nitrogens with one attached hydrogen (secondary N) is 1. The highest BCUT2D eigenvalue weighted by molar-refractivity contribution is 5.99. The van der Waals surface area contributed by atoms with E-state index in [1.165, 1.54) is 18.3 Å². The number of ether oxygens (including phenoxy) is 1. The summed E-state index contributed by atoms with van der Waals surface area (Å²) in [5.74, 6) is -0.219. The van der Waals surface area contributed by atoms with E-state index >= 15 is 0 Å². The summed E-state index contributed by atoms with van der Waals surface area (Å²) in [6.45, 7) is 1.94. The van der Waals surface area contributed by atoms with Gasteiger partial charge < -0.3 is 15.4 Å². The summed E-state index contributed by atoms with van der Waals surface area (Å²) in [6.07, 6.45) is 1.42. The van der Waals surface area contributed by atoms with Crippen molar-refractivity contribution in [3.63, 3.8) is 0 Å². The smallest absolute Gasteiger partial charge is 0.387 e. The van der Waals surface area contributed by atoms with Crippen molar-refractivity contribution < 1.29 is 18.3 Å². The number of aromatic nitrogens is 2. The lowest BCUT2D eigenvalue weighted by Gasteiger charge is -2.29. The van der Waals surface area contributed by atoms with Crippen LogP contribution in [0.2, 0.25) is 0 Å². The quantitative estimate of drug-likeness (QED) is 0.763. The van der Waals surface area contributed by atoms with E-state index in [9.17, 15) is 13.6 Å². The lowest BCUT2D eigenvalue weighted by atomic mass is 9.93. The van der Waals surface area contributed by atoms with Gasteiger partial charge in [0.25, 0.3) is 5.91 Å². The Kier molecular flexibility index (Phi) is 7.53. The van der Waals surface area contributed by atoms with Gasteiger partial charge in [-0.05, 0) is 24.1 Å². The lowest BCUT2D eigenvalue weighted by Crippen LogP contribution is -2.39. The van der Waals surface area contributed by atoms with Crippen LogP contribution in [0.25, 0.3) is 11.3 Å². The topological polar surface area (TPSA) is 84.2 Å². The maximum atomic E-state index is 12.7. The number of nitrogens with zero attached hydrogens (tertiary/aromatic N) is 2. The summed E-state index contributed by atoms with van der Waals surface area (Å²) in [4.78, 5) is 14.3. The molecule has 0 bridgehead atoms.